The van der Waals surface area contributed by atoms with E-state index in [1.165, 1.54) is 0 Å². The summed E-state index contributed by atoms with van der Waals surface area (Å²) in [5, 5.41) is 3.01. The molecule has 1 aromatic heterocycles. The molecule has 3 amide bonds. The van der Waals surface area contributed by atoms with E-state index in [2.05, 4.69) is 5.32 Å². The van der Waals surface area contributed by atoms with E-state index in [0.717, 1.165) is 44.5 Å². The third-order valence-electron chi connectivity index (χ3n) is 5.49. The maximum absolute atomic E-state index is 12.5. The van der Waals surface area contributed by atoms with E-state index >= 15 is 0 Å². The molecule has 3 heterocycles. The first-order valence-electron chi connectivity index (χ1n) is 9.57. The maximum Gasteiger partial charge on any atom is 0.317 e. The van der Waals surface area contributed by atoms with Gasteiger partial charge in [-0.1, -0.05) is 0 Å². The number of urea groups is 1. The van der Waals surface area contributed by atoms with Crippen LogP contribution < -0.4 is 5.32 Å². The van der Waals surface area contributed by atoms with Crippen LogP contribution >= 0.6 is 0 Å². The van der Waals surface area contributed by atoms with Gasteiger partial charge in [0, 0.05) is 38.6 Å². The van der Waals surface area contributed by atoms with Crippen LogP contribution in [0.15, 0.2) is 22.8 Å². The quantitative estimate of drug-likeness (QED) is 0.869. The van der Waals surface area contributed by atoms with E-state index in [0.29, 0.717) is 19.6 Å². The van der Waals surface area contributed by atoms with Gasteiger partial charge in [-0.2, -0.15) is 0 Å². The van der Waals surface area contributed by atoms with Gasteiger partial charge in [-0.25, -0.2) is 4.79 Å². The predicted molar refractivity (Wildman–Crippen MR) is 98.6 cm³/mol. The summed E-state index contributed by atoms with van der Waals surface area (Å²) in [6.45, 7) is 3.58. The van der Waals surface area contributed by atoms with Crippen molar-refractivity contribution in [3.8, 4) is 0 Å². The minimum Gasteiger partial charge on any atom is -0.468 e. The van der Waals surface area contributed by atoms with Gasteiger partial charge >= 0.3 is 6.03 Å². The van der Waals surface area contributed by atoms with E-state index < -0.39 is 0 Å². The Morgan fingerprint density at radius 1 is 1.19 bits per heavy atom. The molecule has 26 heavy (non-hydrogen) atoms. The number of carbonyl (C=O) groups excluding carboxylic acids is 2. The number of hydrogen-bond acceptors (Lipinski definition) is 4. The molecule has 144 valence electrons. The predicted octanol–water partition coefficient (Wildman–Crippen LogP) is 1.93. The van der Waals surface area contributed by atoms with Crippen molar-refractivity contribution in [1.82, 2.24) is 20.0 Å². The second-order valence-electron chi connectivity index (χ2n) is 7.47. The Kier molecular flexibility index (Phi) is 6.19. The molecular weight excluding hydrogens is 332 g/mol. The highest BCUT2D eigenvalue weighted by molar-refractivity contribution is 5.80. The lowest BCUT2D eigenvalue weighted by atomic mass is 9.95. The Balaban J connectivity index is 1.45. The van der Waals surface area contributed by atoms with Crippen molar-refractivity contribution in [1.29, 1.82) is 0 Å². The maximum atomic E-state index is 12.5. The summed E-state index contributed by atoms with van der Waals surface area (Å²) in [7, 11) is 3.93. The zero-order chi connectivity index (χ0) is 18.5. The number of carbonyl (C=O) groups is 2. The second-order valence-corrected chi connectivity index (χ2v) is 7.47. The normalized spacial score (nSPS) is 19.8. The fraction of sp³-hybridized carbons (Fsp3) is 0.684. The molecular formula is C19H30N4O3. The number of rotatable bonds is 5. The molecule has 1 aromatic rings. The molecule has 0 spiro atoms. The van der Waals surface area contributed by atoms with E-state index in [4.69, 9.17) is 4.42 Å². The van der Waals surface area contributed by atoms with Gasteiger partial charge in [0.15, 0.2) is 0 Å². The van der Waals surface area contributed by atoms with Crippen molar-refractivity contribution >= 4 is 11.9 Å². The highest BCUT2D eigenvalue weighted by Crippen LogP contribution is 2.22. The smallest absolute Gasteiger partial charge is 0.317 e. The van der Waals surface area contributed by atoms with Gasteiger partial charge in [-0.3, -0.25) is 9.69 Å². The van der Waals surface area contributed by atoms with E-state index in [1.807, 2.05) is 40.9 Å². The molecule has 2 fully saturated rings. The zero-order valence-electron chi connectivity index (χ0n) is 15.8. The highest BCUT2D eigenvalue weighted by Gasteiger charge is 2.31. The van der Waals surface area contributed by atoms with E-state index in [9.17, 15) is 9.59 Å². The van der Waals surface area contributed by atoms with Gasteiger partial charge < -0.3 is 19.5 Å². The number of amides is 3. The highest BCUT2D eigenvalue weighted by atomic mass is 16.3. The molecule has 1 atom stereocenters. The molecule has 7 nitrogen and oxygen atoms in total. The van der Waals surface area contributed by atoms with Crippen LogP contribution in [0.3, 0.4) is 0 Å². The summed E-state index contributed by atoms with van der Waals surface area (Å²) in [6.07, 6.45) is 5.41. The second kappa shape index (κ2) is 8.58. The van der Waals surface area contributed by atoms with Gasteiger partial charge in [0.2, 0.25) is 5.91 Å². The summed E-state index contributed by atoms with van der Waals surface area (Å²) in [6, 6.07) is 3.72. The third-order valence-corrected chi connectivity index (χ3v) is 5.49. The van der Waals surface area contributed by atoms with Crippen LogP contribution in [-0.2, 0) is 4.79 Å². The fourth-order valence-corrected chi connectivity index (χ4v) is 3.84. The first kappa shape index (κ1) is 18.8. The lowest BCUT2D eigenvalue weighted by molar-refractivity contribution is -0.135. The van der Waals surface area contributed by atoms with Crippen LogP contribution in [0, 0.1) is 5.92 Å². The lowest BCUT2D eigenvalue weighted by Crippen LogP contribution is -2.48. The van der Waals surface area contributed by atoms with Crippen molar-refractivity contribution in [2.24, 2.45) is 5.92 Å². The molecule has 1 N–H and O–H groups in total. The fourth-order valence-electron chi connectivity index (χ4n) is 3.84. The number of piperidine rings is 1. The number of likely N-dealkylation sites (tertiary alicyclic amines) is 2. The Bertz CT molecular complexity index is 588. The summed E-state index contributed by atoms with van der Waals surface area (Å²) < 4.78 is 5.48. The Labute approximate surface area is 155 Å². The minimum absolute atomic E-state index is 0.00299. The molecule has 2 saturated heterocycles. The van der Waals surface area contributed by atoms with E-state index in [-0.39, 0.29) is 23.9 Å². The summed E-state index contributed by atoms with van der Waals surface area (Å²) in [5.74, 6) is 1.20. The van der Waals surface area contributed by atoms with Crippen LogP contribution in [0.4, 0.5) is 4.79 Å². The van der Waals surface area contributed by atoms with Gasteiger partial charge in [-0.15, -0.1) is 0 Å². The average molecular weight is 362 g/mol. The van der Waals surface area contributed by atoms with Crippen molar-refractivity contribution in [2.75, 3.05) is 46.8 Å². The average Bonchev–Trinajstić information content (AvgIpc) is 3.35. The van der Waals surface area contributed by atoms with Crippen molar-refractivity contribution in [3.05, 3.63) is 24.2 Å². The van der Waals surface area contributed by atoms with Gasteiger partial charge in [0.1, 0.15) is 5.76 Å². The lowest BCUT2D eigenvalue weighted by Gasteiger charge is -2.33. The minimum atomic E-state index is -0.0597. The molecule has 2 aliphatic rings. The van der Waals surface area contributed by atoms with Crippen LogP contribution in [-0.4, -0.2) is 73.5 Å². The van der Waals surface area contributed by atoms with E-state index in [1.54, 1.807) is 6.26 Å². The molecule has 0 aromatic carbocycles. The van der Waals surface area contributed by atoms with Crippen molar-refractivity contribution in [2.45, 2.75) is 31.7 Å². The van der Waals surface area contributed by atoms with Crippen LogP contribution in [0.25, 0.3) is 0 Å². The number of nitrogens with zero attached hydrogens (tertiary/aromatic N) is 3. The monoisotopic (exact) mass is 362 g/mol. The van der Waals surface area contributed by atoms with Crippen molar-refractivity contribution in [3.63, 3.8) is 0 Å². The first-order chi connectivity index (χ1) is 12.6. The van der Waals surface area contributed by atoms with Gasteiger partial charge in [-0.05, 0) is 51.9 Å². The number of furan rings is 1. The van der Waals surface area contributed by atoms with Crippen molar-refractivity contribution < 1.29 is 14.0 Å². The number of nitrogens with one attached hydrogen (secondary N) is 1. The zero-order valence-corrected chi connectivity index (χ0v) is 15.8. The Morgan fingerprint density at radius 2 is 1.88 bits per heavy atom. The summed E-state index contributed by atoms with van der Waals surface area (Å²) >= 11 is 0. The molecule has 0 aliphatic carbocycles. The Hall–Kier alpha value is -2.02. The molecule has 2 aliphatic heterocycles. The third kappa shape index (κ3) is 4.38. The van der Waals surface area contributed by atoms with Crippen LogP contribution in [0.1, 0.15) is 37.5 Å². The largest absolute Gasteiger partial charge is 0.468 e. The first-order valence-corrected chi connectivity index (χ1v) is 9.57. The van der Waals surface area contributed by atoms with Gasteiger partial charge in [0.25, 0.3) is 0 Å². The summed E-state index contributed by atoms with van der Waals surface area (Å²) in [5.41, 5.74) is 0. The van der Waals surface area contributed by atoms with Gasteiger partial charge in [0.05, 0.1) is 12.3 Å². The molecule has 0 radical (unpaired) electrons. The number of hydrogen-bond donors (Lipinski definition) is 1. The molecule has 0 bridgehead atoms. The van der Waals surface area contributed by atoms with Crippen LogP contribution in [0.5, 0.6) is 0 Å². The topological polar surface area (TPSA) is 69.0 Å². The molecule has 0 saturated carbocycles. The van der Waals surface area contributed by atoms with Crippen LogP contribution in [0.2, 0.25) is 0 Å². The summed E-state index contributed by atoms with van der Waals surface area (Å²) in [4.78, 5) is 30.8. The molecule has 3 rings (SSSR count). The standard InChI is InChI=1S/C19H30N4O3/c1-21(2)16(17-6-5-13-26-17)14-20-19(25)23-11-7-15(8-12-23)18(24)22-9-3-4-10-22/h5-6,13,15-16H,3-4,7-12,14H2,1-2H3,(H,20,25). The Morgan fingerprint density at radius 3 is 2.46 bits per heavy atom. The molecule has 1 unspecified atom stereocenters. The molecule has 7 heteroatoms. The SMILES string of the molecule is CN(C)C(CNC(=O)N1CCC(C(=O)N2CCCC2)CC1)c1ccco1. The number of likely N-dealkylation sites (N-methyl/N-ethyl adjacent to an activating group) is 1.